The molecule has 0 spiro atoms. The zero-order valence-corrected chi connectivity index (χ0v) is 16.3. The summed E-state index contributed by atoms with van der Waals surface area (Å²) in [5.74, 6) is 0.454. The number of carbonyl (C=O) groups is 1. The van der Waals surface area contributed by atoms with E-state index < -0.39 is 0 Å². The van der Waals surface area contributed by atoms with Crippen LogP contribution in [0.2, 0.25) is 0 Å². The van der Waals surface area contributed by atoms with Crippen molar-refractivity contribution in [3.8, 4) is 0 Å². The van der Waals surface area contributed by atoms with Crippen LogP contribution >= 0.6 is 0 Å². The van der Waals surface area contributed by atoms with Crippen molar-refractivity contribution in [1.29, 1.82) is 0 Å². The van der Waals surface area contributed by atoms with Crippen LogP contribution in [0.15, 0.2) is 23.2 Å². The predicted molar refractivity (Wildman–Crippen MR) is 106 cm³/mol. The smallest absolute Gasteiger partial charge is 0.409 e. The molecule has 0 unspecified atom stereocenters. The van der Waals surface area contributed by atoms with Gasteiger partial charge in [0.1, 0.15) is 0 Å². The molecule has 1 aliphatic rings. The zero-order chi connectivity index (χ0) is 19.1. The molecular weight excluding hydrogens is 330 g/mol. The quantitative estimate of drug-likeness (QED) is 0.620. The third-order valence-corrected chi connectivity index (χ3v) is 4.64. The SMILES string of the molecule is CCOC(=O)N1CCC(NC(N)=NCc2ccc(N(C)C)cc2C)CC1. The first-order valence-electron chi connectivity index (χ1n) is 9.15. The van der Waals surface area contributed by atoms with E-state index in [0.29, 0.717) is 32.2 Å². The van der Waals surface area contributed by atoms with Gasteiger partial charge < -0.3 is 25.6 Å². The molecule has 1 heterocycles. The number of aryl methyl sites for hydroxylation is 1. The molecule has 1 aliphatic heterocycles. The minimum atomic E-state index is -0.232. The summed E-state index contributed by atoms with van der Waals surface area (Å²) in [6.07, 6.45) is 1.45. The van der Waals surface area contributed by atoms with Crippen LogP contribution in [0, 0.1) is 6.92 Å². The van der Waals surface area contributed by atoms with E-state index in [1.54, 1.807) is 4.90 Å². The van der Waals surface area contributed by atoms with E-state index >= 15 is 0 Å². The third-order valence-electron chi connectivity index (χ3n) is 4.64. The van der Waals surface area contributed by atoms with Gasteiger partial charge >= 0.3 is 6.09 Å². The fourth-order valence-corrected chi connectivity index (χ4v) is 2.98. The lowest BCUT2D eigenvalue weighted by Crippen LogP contribution is -2.48. The van der Waals surface area contributed by atoms with E-state index in [9.17, 15) is 4.79 Å². The van der Waals surface area contributed by atoms with E-state index in [4.69, 9.17) is 10.5 Å². The number of hydrogen-bond donors (Lipinski definition) is 2. The van der Waals surface area contributed by atoms with E-state index in [1.165, 1.54) is 11.3 Å². The van der Waals surface area contributed by atoms with Gasteiger partial charge in [-0.15, -0.1) is 0 Å². The normalized spacial score (nSPS) is 15.7. The number of likely N-dealkylation sites (tertiary alicyclic amines) is 1. The van der Waals surface area contributed by atoms with Crippen molar-refractivity contribution in [3.05, 3.63) is 29.3 Å². The Balaban J connectivity index is 1.83. The molecular formula is C19H31N5O2. The number of amides is 1. The Morgan fingerprint density at radius 1 is 1.38 bits per heavy atom. The highest BCUT2D eigenvalue weighted by atomic mass is 16.6. The van der Waals surface area contributed by atoms with Crippen LogP contribution in [0.25, 0.3) is 0 Å². The maximum Gasteiger partial charge on any atom is 0.409 e. The molecule has 1 saturated heterocycles. The highest BCUT2D eigenvalue weighted by Gasteiger charge is 2.23. The number of nitrogens with zero attached hydrogens (tertiary/aromatic N) is 3. The first kappa shape index (κ1) is 19.9. The number of piperidine rings is 1. The summed E-state index contributed by atoms with van der Waals surface area (Å²) in [6, 6.07) is 6.58. The standard InChI is InChI=1S/C19H31N5O2/c1-5-26-19(25)24-10-8-16(9-11-24)22-18(20)21-13-15-6-7-17(23(3)4)12-14(15)2/h6-7,12,16H,5,8-11,13H2,1-4H3,(H3,20,21,22). The summed E-state index contributed by atoms with van der Waals surface area (Å²) in [6.45, 7) is 6.22. The molecule has 1 aromatic rings. The molecule has 3 N–H and O–H groups in total. The van der Waals surface area contributed by atoms with Crippen LogP contribution in [0.5, 0.6) is 0 Å². The second-order valence-electron chi connectivity index (χ2n) is 6.81. The van der Waals surface area contributed by atoms with Crippen molar-refractivity contribution in [2.45, 2.75) is 39.3 Å². The Kier molecular flexibility index (Phi) is 7.12. The molecule has 26 heavy (non-hydrogen) atoms. The molecule has 7 nitrogen and oxygen atoms in total. The Morgan fingerprint density at radius 2 is 2.08 bits per heavy atom. The molecule has 0 aliphatic carbocycles. The van der Waals surface area contributed by atoms with E-state index in [1.807, 2.05) is 21.0 Å². The summed E-state index contributed by atoms with van der Waals surface area (Å²) >= 11 is 0. The topological polar surface area (TPSA) is 83.2 Å². The Labute approximate surface area is 156 Å². The number of anilines is 1. The van der Waals surface area contributed by atoms with Crippen molar-refractivity contribution >= 4 is 17.7 Å². The fourth-order valence-electron chi connectivity index (χ4n) is 2.98. The molecule has 0 aromatic heterocycles. The molecule has 1 fully saturated rings. The van der Waals surface area contributed by atoms with Gasteiger partial charge in [0.25, 0.3) is 0 Å². The van der Waals surface area contributed by atoms with Crippen LogP contribution in [0.1, 0.15) is 30.9 Å². The summed E-state index contributed by atoms with van der Waals surface area (Å²) in [5.41, 5.74) is 9.59. The second-order valence-corrected chi connectivity index (χ2v) is 6.81. The third kappa shape index (κ3) is 5.54. The van der Waals surface area contributed by atoms with Gasteiger partial charge in [-0.05, 0) is 49.9 Å². The van der Waals surface area contributed by atoms with Gasteiger partial charge in [0, 0.05) is 38.9 Å². The molecule has 2 rings (SSSR count). The first-order chi connectivity index (χ1) is 12.4. The Bertz CT molecular complexity index is 637. The van der Waals surface area contributed by atoms with Gasteiger partial charge in [-0.2, -0.15) is 0 Å². The molecule has 1 aromatic carbocycles. The minimum Gasteiger partial charge on any atom is -0.450 e. The molecule has 144 valence electrons. The van der Waals surface area contributed by atoms with E-state index in [2.05, 4.69) is 40.3 Å². The van der Waals surface area contributed by atoms with Crippen LogP contribution in [-0.4, -0.2) is 56.8 Å². The van der Waals surface area contributed by atoms with Crippen molar-refractivity contribution in [2.75, 3.05) is 38.7 Å². The second kappa shape index (κ2) is 9.31. The van der Waals surface area contributed by atoms with E-state index in [-0.39, 0.29) is 12.1 Å². The Morgan fingerprint density at radius 3 is 2.65 bits per heavy atom. The van der Waals surface area contributed by atoms with Crippen molar-refractivity contribution < 1.29 is 9.53 Å². The highest BCUT2D eigenvalue weighted by Crippen LogP contribution is 2.18. The van der Waals surface area contributed by atoms with Gasteiger partial charge in [0.2, 0.25) is 0 Å². The molecule has 1 amide bonds. The van der Waals surface area contributed by atoms with Gasteiger partial charge in [-0.1, -0.05) is 6.07 Å². The number of ether oxygens (including phenoxy) is 1. The largest absolute Gasteiger partial charge is 0.450 e. The molecule has 0 atom stereocenters. The fraction of sp³-hybridized carbons (Fsp3) is 0.579. The summed E-state index contributed by atoms with van der Waals surface area (Å²) < 4.78 is 5.03. The number of aliphatic imine (C=N–C) groups is 1. The number of carbonyl (C=O) groups excluding carboxylic acids is 1. The monoisotopic (exact) mass is 361 g/mol. The number of hydrogen-bond acceptors (Lipinski definition) is 4. The molecule has 7 heteroatoms. The number of benzene rings is 1. The minimum absolute atomic E-state index is 0.232. The summed E-state index contributed by atoms with van der Waals surface area (Å²) in [5, 5.41) is 3.27. The van der Waals surface area contributed by atoms with Gasteiger partial charge in [0.15, 0.2) is 5.96 Å². The van der Waals surface area contributed by atoms with Crippen LogP contribution in [0.4, 0.5) is 10.5 Å². The highest BCUT2D eigenvalue weighted by molar-refractivity contribution is 5.78. The number of nitrogens with two attached hydrogens (primary N) is 1. The lowest BCUT2D eigenvalue weighted by Gasteiger charge is -2.31. The van der Waals surface area contributed by atoms with Crippen LogP contribution < -0.4 is 16.0 Å². The van der Waals surface area contributed by atoms with Gasteiger partial charge in [0.05, 0.1) is 13.2 Å². The first-order valence-corrected chi connectivity index (χ1v) is 9.15. The molecule has 0 bridgehead atoms. The molecule has 0 radical (unpaired) electrons. The van der Waals surface area contributed by atoms with Crippen LogP contribution in [0.3, 0.4) is 0 Å². The number of rotatable bonds is 5. The van der Waals surface area contributed by atoms with Crippen molar-refractivity contribution in [2.24, 2.45) is 10.7 Å². The average Bonchev–Trinajstić information content (AvgIpc) is 2.61. The van der Waals surface area contributed by atoms with Gasteiger partial charge in [-0.3, -0.25) is 0 Å². The summed E-state index contributed by atoms with van der Waals surface area (Å²) in [4.78, 5) is 20.0. The zero-order valence-electron chi connectivity index (χ0n) is 16.3. The van der Waals surface area contributed by atoms with Crippen molar-refractivity contribution in [1.82, 2.24) is 10.2 Å². The van der Waals surface area contributed by atoms with Gasteiger partial charge in [-0.25, -0.2) is 9.79 Å². The predicted octanol–water partition coefficient (Wildman–Crippen LogP) is 2.09. The summed E-state index contributed by atoms with van der Waals surface area (Å²) in [7, 11) is 4.06. The number of guanidine groups is 1. The maximum absolute atomic E-state index is 11.7. The van der Waals surface area contributed by atoms with Crippen molar-refractivity contribution in [3.63, 3.8) is 0 Å². The Hall–Kier alpha value is -2.44. The van der Waals surface area contributed by atoms with E-state index in [0.717, 1.165) is 18.4 Å². The lowest BCUT2D eigenvalue weighted by molar-refractivity contribution is 0.0963. The number of nitrogens with one attached hydrogen (secondary N) is 1. The van der Waals surface area contributed by atoms with Crippen LogP contribution in [-0.2, 0) is 11.3 Å². The average molecular weight is 361 g/mol. The lowest BCUT2D eigenvalue weighted by atomic mass is 10.1. The molecule has 0 saturated carbocycles. The maximum atomic E-state index is 11.7.